The molecule has 1 heteroatoms. The Morgan fingerprint density at radius 1 is 1.29 bits per heavy atom. The highest BCUT2D eigenvalue weighted by Crippen LogP contribution is 2.38. The molecule has 94 valence electrons. The molecule has 17 heavy (non-hydrogen) atoms. The van der Waals surface area contributed by atoms with Crippen LogP contribution in [0.15, 0.2) is 24.3 Å². The van der Waals surface area contributed by atoms with Gasteiger partial charge in [-0.3, -0.25) is 0 Å². The van der Waals surface area contributed by atoms with Crippen molar-refractivity contribution < 1.29 is 5.11 Å². The highest BCUT2D eigenvalue weighted by Gasteiger charge is 2.27. The Balaban J connectivity index is 2.09. The van der Waals surface area contributed by atoms with Crippen LogP contribution in [0.5, 0.6) is 0 Å². The fraction of sp³-hybridized carbons (Fsp3) is 0.625. The quantitative estimate of drug-likeness (QED) is 0.826. The SMILES string of the molecule is CCC1CCCC(C(O)c2ccccc2C)C1. The van der Waals surface area contributed by atoms with Crippen molar-refractivity contribution in [3.63, 3.8) is 0 Å². The van der Waals surface area contributed by atoms with Gasteiger partial charge in [-0.2, -0.15) is 0 Å². The van der Waals surface area contributed by atoms with E-state index in [1.165, 1.54) is 37.7 Å². The third kappa shape index (κ3) is 2.90. The van der Waals surface area contributed by atoms with Crippen LogP contribution in [0.25, 0.3) is 0 Å². The zero-order valence-electron chi connectivity index (χ0n) is 11.0. The van der Waals surface area contributed by atoms with E-state index in [1.54, 1.807) is 0 Å². The maximum Gasteiger partial charge on any atom is 0.0820 e. The molecule has 1 saturated carbocycles. The molecule has 0 bridgehead atoms. The first kappa shape index (κ1) is 12.6. The summed E-state index contributed by atoms with van der Waals surface area (Å²) in [5.74, 6) is 1.29. The highest BCUT2D eigenvalue weighted by atomic mass is 16.3. The lowest BCUT2D eigenvalue weighted by Crippen LogP contribution is -2.21. The second-order valence-corrected chi connectivity index (χ2v) is 5.50. The first-order chi connectivity index (χ1) is 8.22. The maximum absolute atomic E-state index is 10.5. The van der Waals surface area contributed by atoms with E-state index in [-0.39, 0.29) is 6.10 Å². The van der Waals surface area contributed by atoms with Gasteiger partial charge in [0, 0.05) is 0 Å². The summed E-state index contributed by atoms with van der Waals surface area (Å²) in [6.45, 7) is 4.37. The fourth-order valence-corrected chi connectivity index (χ4v) is 3.16. The summed E-state index contributed by atoms with van der Waals surface area (Å²) in [7, 11) is 0. The Kier molecular flexibility index (Phi) is 4.22. The highest BCUT2D eigenvalue weighted by molar-refractivity contribution is 5.28. The molecule has 3 atom stereocenters. The normalized spacial score (nSPS) is 26.8. The monoisotopic (exact) mass is 232 g/mol. The molecule has 1 nitrogen and oxygen atoms in total. The van der Waals surface area contributed by atoms with Gasteiger partial charge >= 0.3 is 0 Å². The van der Waals surface area contributed by atoms with E-state index in [0.29, 0.717) is 5.92 Å². The van der Waals surface area contributed by atoms with Crippen LogP contribution >= 0.6 is 0 Å². The first-order valence-corrected chi connectivity index (χ1v) is 6.96. The lowest BCUT2D eigenvalue weighted by atomic mass is 9.76. The minimum absolute atomic E-state index is 0.259. The number of aliphatic hydroxyl groups excluding tert-OH is 1. The Morgan fingerprint density at radius 3 is 2.76 bits per heavy atom. The molecule has 0 radical (unpaired) electrons. The molecule has 1 aromatic carbocycles. The molecular weight excluding hydrogens is 208 g/mol. The van der Waals surface area contributed by atoms with E-state index in [1.807, 2.05) is 12.1 Å². The third-order valence-electron chi connectivity index (χ3n) is 4.35. The molecule has 1 N–H and O–H groups in total. The minimum atomic E-state index is -0.259. The minimum Gasteiger partial charge on any atom is -0.388 e. The molecule has 3 unspecified atom stereocenters. The predicted octanol–water partition coefficient (Wildman–Crippen LogP) is 4.24. The average Bonchev–Trinajstić information content (AvgIpc) is 2.38. The summed E-state index contributed by atoms with van der Waals surface area (Å²) in [4.78, 5) is 0. The second kappa shape index (κ2) is 5.68. The lowest BCUT2D eigenvalue weighted by Gasteiger charge is -2.32. The van der Waals surface area contributed by atoms with Gasteiger partial charge in [0.2, 0.25) is 0 Å². The van der Waals surface area contributed by atoms with Crippen molar-refractivity contribution in [1.29, 1.82) is 0 Å². The zero-order chi connectivity index (χ0) is 12.3. The molecular formula is C16H24O. The van der Waals surface area contributed by atoms with Crippen molar-refractivity contribution in [3.8, 4) is 0 Å². The van der Waals surface area contributed by atoms with Crippen molar-refractivity contribution in [2.24, 2.45) is 11.8 Å². The van der Waals surface area contributed by atoms with Crippen LogP contribution in [0.2, 0.25) is 0 Å². The van der Waals surface area contributed by atoms with Gasteiger partial charge in [-0.25, -0.2) is 0 Å². The van der Waals surface area contributed by atoms with E-state index < -0.39 is 0 Å². The zero-order valence-corrected chi connectivity index (χ0v) is 11.0. The second-order valence-electron chi connectivity index (χ2n) is 5.50. The summed E-state index contributed by atoms with van der Waals surface area (Å²) in [5.41, 5.74) is 2.35. The summed E-state index contributed by atoms with van der Waals surface area (Å²) in [6, 6.07) is 8.25. The number of aliphatic hydroxyl groups is 1. The first-order valence-electron chi connectivity index (χ1n) is 6.96. The van der Waals surface area contributed by atoms with E-state index in [2.05, 4.69) is 26.0 Å². The molecule has 0 heterocycles. The summed E-state index contributed by atoms with van der Waals surface area (Å²) >= 11 is 0. The Morgan fingerprint density at radius 2 is 2.06 bits per heavy atom. The van der Waals surface area contributed by atoms with Crippen LogP contribution in [0.4, 0.5) is 0 Å². The van der Waals surface area contributed by atoms with Crippen molar-refractivity contribution in [1.82, 2.24) is 0 Å². The molecule has 1 aliphatic rings. The number of hydrogen-bond donors (Lipinski definition) is 1. The lowest BCUT2D eigenvalue weighted by molar-refractivity contribution is 0.0673. The van der Waals surface area contributed by atoms with Gasteiger partial charge in [-0.1, -0.05) is 50.5 Å². The molecule has 1 aromatic rings. The van der Waals surface area contributed by atoms with Crippen LogP contribution in [0.3, 0.4) is 0 Å². The van der Waals surface area contributed by atoms with Gasteiger partial charge in [-0.05, 0) is 42.7 Å². The molecule has 1 fully saturated rings. The van der Waals surface area contributed by atoms with Crippen LogP contribution in [0.1, 0.15) is 56.3 Å². The van der Waals surface area contributed by atoms with E-state index in [4.69, 9.17) is 0 Å². The van der Waals surface area contributed by atoms with Gasteiger partial charge in [0.05, 0.1) is 6.10 Å². The molecule has 2 rings (SSSR count). The molecule has 0 spiro atoms. The summed E-state index contributed by atoms with van der Waals surface area (Å²) in [5, 5.41) is 10.5. The number of benzene rings is 1. The van der Waals surface area contributed by atoms with Gasteiger partial charge in [0.1, 0.15) is 0 Å². The third-order valence-corrected chi connectivity index (χ3v) is 4.35. The van der Waals surface area contributed by atoms with Gasteiger partial charge < -0.3 is 5.11 Å². The van der Waals surface area contributed by atoms with Crippen molar-refractivity contribution in [2.45, 2.75) is 52.1 Å². The summed E-state index contributed by atoms with van der Waals surface area (Å²) < 4.78 is 0. The van der Waals surface area contributed by atoms with E-state index >= 15 is 0 Å². The number of rotatable bonds is 3. The van der Waals surface area contributed by atoms with Crippen LogP contribution in [0, 0.1) is 18.8 Å². The van der Waals surface area contributed by atoms with E-state index in [9.17, 15) is 5.11 Å². The van der Waals surface area contributed by atoms with Gasteiger partial charge in [-0.15, -0.1) is 0 Å². The fourth-order valence-electron chi connectivity index (χ4n) is 3.16. The van der Waals surface area contributed by atoms with Crippen molar-refractivity contribution in [3.05, 3.63) is 35.4 Å². The molecule has 0 aromatic heterocycles. The Labute approximate surface area is 105 Å². The standard InChI is InChI=1S/C16H24O/c1-3-13-8-6-9-14(11-13)16(17)15-10-5-4-7-12(15)2/h4-5,7,10,13-14,16-17H,3,6,8-9,11H2,1-2H3. The Bertz CT molecular complexity index is 358. The molecule has 0 aliphatic heterocycles. The smallest absolute Gasteiger partial charge is 0.0820 e. The molecule has 0 amide bonds. The average molecular weight is 232 g/mol. The largest absolute Gasteiger partial charge is 0.388 e. The maximum atomic E-state index is 10.5. The number of hydrogen-bond acceptors (Lipinski definition) is 1. The van der Waals surface area contributed by atoms with E-state index in [0.717, 1.165) is 11.5 Å². The van der Waals surface area contributed by atoms with Crippen LogP contribution in [-0.4, -0.2) is 5.11 Å². The molecule has 1 aliphatic carbocycles. The van der Waals surface area contributed by atoms with Gasteiger partial charge in [0.15, 0.2) is 0 Å². The van der Waals surface area contributed by atoms with Crippen LogP contribution < -0.4 is 0 Å². The number of aryl methyl sites for hydroxylation is 1. The predicted molar refractivity (Wildman–Crippen MR) is 71.9 cm³/mol. The van der Waals surface area contributed by atoms with Crippen molar-refractivity contribution in [2.75, 3.05) is 0 Å². The van der Waals surface area contributed by atoms with Crippen molar-refractivity contribution >= 4 is 0 Å². The van der Waals surface area contributed by atoms with Gasteiger partial charge in [0.25, 0.3) is 0 Å². The summed E-state index contributed by atoms with van der Waals surface area (Å²) in [6.07, 6.45) is 6.03. The van der Waals surface area contributed by atoms with Crippen LogP contribution in [-0.2, 0) is 0 Å². The Hall–Kier alpha value is -0.820. The topological polar surface area (TPSA) is 20.2 Å². The molecule has 0 saturated heterocycles.